The lowest BCUT2D eigenvalue weighted by atomic mass is 10.0. The Bertz CT molecular complexity index is 1070. The molecule has 2 aromatic carbocycles. The van der Waals surface area contributed by atoms with Crippen LogP contribution < -0.4 is 9.80 Å². The first-order valence-electron chi connectivity index (χ1n) is 12.4. The molecular weight excluding hydrogens is 422 g/mol. The maximum Gasteiger partial charge on any atom is 0.262 e. The number of ether oxygens (including phenoxy) is 1. The second-order valence-corrected chi connectivity index (χ2v) is 9.00. The molecule has 5 nitrogen and oxygen atoms in total. The summed E-state index contributed by atoms with van der Waals surface area (Å²) in [6, 6.07) is 20.6. The number of nitrogens with zero attached hydrogens (tertiary/aromatic N) is 3. The zero-order chi connectivity index (χ0) is 23.8. The quantitative estimate of drug-likeness (QED) is 0.330. The van der Waals surface area contributed by atoms with Crippen LogP contribution in [0.5, 0.6) is 0 Å². The van der Waals surface area contributed by atoms with Gasteiger partial charge in [-0.15, -0.1) is 0 Å². The highest BCUT2D eigenvalue weighted by Crippen LogP contribution is 2.29. The van der Waals surface area contributed by atoms with Crippen molar-refractivity contribution in [2.24, 2.45) is 0 Å². The Labute approximate surface area is 203 Å². The smallest absolute Gasteiger partial charge is 0.262 e. The van der Waals surface area contributed by atoms with E-state index >= 15 is 0 Å². The number of amides is 1. The molecule has 0 aliphatic carbocycles. The number of rotatable bonds is 10. The number of carbonyl (C=O) groups is 1. The predicted octanol–water partition coefficient (Wildman–Crippen LogP) is 6.41. The Morgan fingerprint density at radius 3 is 2.68 bits per heavy atom. The van der Waals surface area contributed by atoms with Crippen LogP contribution in [-0.4, -0.2) is 31.0 Å². The summed E-state index contributed by atoms with van der Waals surface area (Å²) in [4.78, 5) is 21.5. The Morgan fingerprint density at radius 1 is 1.00 bits per heavy atom. The van der Waals surface area contributed by atoms with Crippen molar-refractivity contribution < 1.29 is 9.53 Å². The van der Waals surface area contributed by atoms with Gasteiger partial charge in [0.25, 0.3) is 5.91 Å². The molecule has 5 heteroatoms. The number of hydrogen-bond donors (Lipinski definition) is 0. The van der Waals surface area contributed by atoms with Crippen molar-refractivity contribution in [3.8, 4) is 0 Å². The number of hydrogen-bond acceptors (Lipinski definition) is 4. The van der Waals surface area contributed by atoms with E-state index in [4.69, 9.17) is 4.74 Å². The maximum absolute atomic E-state index is 13.3. The molecule has 2 heterocycles. The Balaban J connectivity index is 1.48. The zero-order valence-electron chi connectivity index (χ0n) is 20.3. The van der Waals surface area contributed by atoms with Crippen LogP contribution in [0.1, 0.15) is 66.6 Å². The molecule has 1 atom stereocenters. The van der Waals surface area contributed by atoms with Crippen LogP contribution in [0.2, 0.25) is 0 Å². The van der Waals surface area contributed by atoms with Gasteiger partial charge in [0.15, 0.2) is 0 Å². The van der Waals surface area contributed by atoms with Crippen LogP contribution in [0, 0.1) is 0 Å². The topological polar surface area (TPSA) is 45.7 Å². The minimum absolute atomic E-state index is 0.0106. The number of anilines is 2. The van der Waals surface area contributed by atoms with E-state index in [2.05, 4.69) is 53.2 Å². The van der Waals surface area contributed by atoms with Gasteiger partial charge in [-0.05, 0) is 35.7 Å². The van der Waals surface area contributed by atoms with Crippen molar-refractivity contribution in [3.05, 3.63) is 89.7 Å². The molecule has 1 amide bonds. The summed E-state index contributed by atoms with van der Waals surface area (Å²) in [6.45, 7) is 4.14. The normalized spacial score (nSPS) is 14.6. The van der Waals surface area contributed by atoms with Gasteiger partial charge < -0.3 is 14.5 Å². The minimum Gasteiger partial charge on any atom is -0.372 e. The predicted molar refractivity (Wildman–Crippen MR) is 138 cm³/mol. The molecule has 0 bridgehead atoms. The Hall–Kier alpha value is -3.18. The van der Waals surface area contributed by atoms with Gasteiger partial charge in [-0.3, -0.25) is 9.78 Å². The first kappa shape index (κ1) is 24.0. The average Bonchev–Trinajstić information content (AvgIpc) is 3.01. The third-order valence-electron chi connectivity index (χ3n) is 6.51. The first-order valence-corrected chi connectivity index (χ1v) is 12.4. The third kappa shape index (κ3) is 5.84. The average molecular weight is 458 g/mol. The second kappa shape index (κ2) is 11.8. The van der Waals surface area contributed by atoms with Crippen LogP contribution in [0.15, 0.2) is 73.1 Å². The van der Waals surface area contributed by atoms with Crippen molar-refractivity contribution in [3.63, 3.8) is 0 Å². The number of likely N-dealkylation sites (N-methyl/N-ethyl adjacent to an activating group) is 1. The highest BCUT2D eigenvalue weighted by molar-refractivity contribution is 6.10. The molecular formula is C29H35N3O2. The van der Waals surface area contributed by atoms with E-state index in [-0.39, 0.29) is 12.0 Å². The minimum atomic E-state index is -0.0106. The van der Waals surface area contributed by atoms with Crippen LogP contribution in [0.3, 0.4) is 0 Å². The summed E-state index contributed by atoms with van der Waals surface area (Å²) >= 11 is 0. The SMILES string of the molecule is CCCCCCC(OCc1cccc(N2CCN(C)c3ccncc3C2=O)c1)c1ccccc1. The summed E-state index contributed by atoms with van der Waals surface area (Å²) in [5, 5.41) is 0. The van der Waals surface area contributed by atoms with E-state index in [0.717, 1.165) is 36.3 Å². The fourth-order valence-electron chi connectivity index (χ4n) is 4.53. The molecule has 3 aromatic rings. The van der Waals surface area contributed by atoms with Crippen LogP contribution in [0.4, 0.5) is 11.4 Å². The molecule has 0 spiro atoms. The van der Waals surface area contributed by atoms with E-state index < -0.39 is 0 Å². The van der Waals surface area contributed by atoms with Crippen molar-refractivity contribution in [2.45, 2.75) is 51.7 Å². The highest BCUT2D eigenvalue weighted by Gasteiger charge is 2.26. The largest absolute Gasteiger partial charge is 0.372 e. The molecule has 0 fully saturated rings. The van der Waals surface area contributed by atoms with Gasteiger partial charge in [0.1, 0.15) is 0 Å². The molecule has 0 saturated heterocycles. The summed E-state index contributed by atoms with van der Waals surface area (Å²) < 4.78 is 6.44. The molecule has 0 saturated carbocycles. The van der Waals surface area contributed by atoms with Crippen molar-refractivity contribution in [2.75, 3.05) is 29.9 Å². The molecule has 1 aliphatic rings. The maximum atomic E-state index is 13.3. The van der Waals surface area contributed by atoms with E-state index in [1.54, 1.807) is 12.4 Å². The van der Waals surface area contributed by atoms with Crippen molar-refractivity contribution in [1.82, 2.24) is 4.98 Å². The third-order valence-corrected chi connectivity index (χ3v) is 6.51. The molecule has 0 N–H and O–H groups in total. The lowest BCUT2D eigenvalue weighted by Crippen LogP contribution is -2.33. The number of aromatic nitrogens is 1. The molecule has 1 aromatic heterocycles. The molecule has 0 radical (unpaired) electrons. The Kier molecular flexibility index (Phi) is 8.31. The molecule has 34 heavy (non-hydrogen) atoms. The van der Waals surface area contributed by atoms with E-state index in [0.29, 0.717) is 18.7 Å². The van der Waals surface area contributed by atoms with Gasteiger partial charge in [-0.25, -0.2) is 0 Å². The number of unbranched alkanes of at least 4 members (excludes halogenated alkanes) is 3. The molecule has 4 rings (SSSR count). The number of fused-ring (bicyclic) bond motifs is 1. The summed E-state index contributed by atoms with van der Waals surface area (Å²) in [7, 11) is 2.02. The summed E-state index contributed by atoms with van der Waals surface area (Å²) in [5.74, 6) is -0.0106. The lowest BCUT2D eigenvalue weighted by molar-refractivity contribution is 0.0321. The first-order chi connectivity index (χ1) is 16.7. The van der Waals surface area contributed by atoms with Crippen molar-refractivity contribution in [1.29, 1.82) is 0 Å². The second-order valence-electron chi connectivity index (χ2n) is 9.00. The van der Waals surface area contributed by atoms with E-state index in [1.165, 1.54) is 24.8 Å². The summed E-state index contributed by atoms with van der Waals surface area (Å²) in [5.41, 5.74) is 4.76. The van der Waals surface area contributed by atoms with Gasteiger partial charge in [0.05, 0.1) is 24.0 Å². The number of pyridine rings is 1. The van der Waals surface area contributed by atoms with Crippen LogP contribution >= 0.6 is 0 Å². The standard InChI is InChI=1S/C29H35N3O2/c1-3-4-5-9-15-28(24-12-7-6-8-13-24)34-22-23-11-10-14-25(20-23)32-19-18-31(2)27-16-17-30-21-26(27)29(32)33/h6-8,10-14,16-17,20-21,28H,3-5,9,15,18-19,22H2,1-2H3. The van der Waals surface area contributed by atoms with Crippen LogP contribution in [0.25, 0.3) is 0 Å². The van der Waals surface area contributed by atoms with Crippen LogP contribution in [-0.2, 0) is 11.3 Å². The fourth-order valence-corrected chi connectivity index (χ4v) is 4.53. The molecule has 1 unspecified atom stereocenters. The van der Waals surface area contributed by atoms with Gasteiger partial charge in [-0.2, -0.15) is 0 Å². The molecule has 178 valence electrons. The highest BCUT2D eigenvalue weighted by atomic mass is 16.5. The van der Waals surface area contributed by atoms with E-state index in [9.17, 15) is 4.79 Å². The van der Waals surface area contributed by atoms with Gasteiger partial charge >= 0.3 is 0 Å². The number of benzene rings is 2. The number of carbonyl (C=O) groups excluding carboxylic acids is 1. The molecule has 1 aliphatic heterocycles. The van der Waals surface area contributed by atoms with E-state index in [1.807, 2.05) is 36.2 Å². The van der Waals surface area contributed by atoms with Gasteiger partial charge in [0.2, 0.25) is 0 Å². The lowest BCUT2D eigenvalue weighted by Gasteiger charge is -2.23. The monoisotopic (exact) mass is 457 g/mol. The van der Waals surface area contributed by atoms with Gasteiger partial charge in [0, 0.05) is 38.2 Å². The summed E-state index contributed by atoms with van der Waals surface area (Å²) in [6.07, 6.45) is 9.40. The Morgan fingerprint density at radius 2 is 1.85 bits per heavy atom. The zero-order valence-corrected chi connectivity index (χ0v) is 20.3. The van der Waals surface area contributed by atoms with Crippen molar-refractivity contribution >= 4 is 17.3 Å². The van der Waals surface area contributed by atoms with Gasteiger partial charge in [-0.1, -0.05) is 75.1 Å². The fraction of sp³-hybridized carbons (Fsp3) is 0.379.